The van der Waals surface area contributed by atoms with Crippen LogP contribution < -0.4 is 0 Å². The molecule has 0 bridgehead atoms. The Morgan fingerprint density at radius 2 is 0.688 bits per heavy atom. The van der Waals surface area contributed by atoms with Crippen molar-refractivity contribution in [3.8, 4) is 0 Å². The van der Waals surface area contributed by atoms with Gasteiger partial charge < -0.3 is 0 Å². The van der Waals surface area contributed by atoms with E-state index in [4.69, 9.17) is 0 Å². The Balaban J connectivity index is 1.67. The van der Waals surface area contributed by atoms with Crippen LogP contribution in [0.15, 0.2) is 0 Å². The van der Waals surface area contributed by atoms with Crippen LogP contribution >= 0.6 is 0 Å². The predicted octanol–water partition coefficient (Wildman–Crippen LogP) is 4.64. The van der Waals surface area contributed by atoms with E-state index in [1.54, 1.807) is 64.2 Å². The lowest BCUT2D eigenvalue weighted by molar-refractivity contribution is -0.0760. The van der Waals surface area contributed by atoms with Gasteiger partial charge in [0.15, 0.2) is 0 Å². The highest BCUT2D eigenvalue weighted by Crippen LogP contribution is 2.59. The molecule has 4 unspecified atom stereocenters. The summed E-state index contributed by atoms with van der Waals surface area (Å²) in [5.74, 6) is 7.07. The normalized spacial score (nSPS) is 55.5. The SMILES string of the molecule is C1CC2CCC3CCCC4CCC(C1)C2C34. The minimum atomic E-state index is 1.17. The molecule has 90 valence electrons. The van der Waals surface area contributed by atoms with E-state index in [1.165, 1.54) is 35.5 Å². The molecule has 4 aliphatic rings. The van der Waals surface area contributed by atoms with Gasteiger partial charge in [0.05, 0.1) is 0 Å². The van der Waals surface area contributed by atoms with Crippen LogP contribution in [0.4, 0.5) is 0 Å². The number of rotatable bonds is 0. The van der Waals surface area contributed by atoms with Gasteiger partial charge in [0.2, 0.25) is 0 Å². The molecule has 0 heteroatoms. The summed E-state index contributed by atoms with van der Waals surface area (Å²) in [6.45, 7) is 0. The van der Waals surface area contributed by atoms with E-state index in [1.807, 2.05) is 0 Å². The predicted molar refractivity (Wildman–Crippen MR) is 67.1 cm³/mol. The maximum atomic E-state index is 1.61. The summed E-state index contributed by atoms with van der Waals surface area (Å²) >= 11 is 0. The van der Waals surface area contributed by atoms with Crippen LogP contribution in [0, 0.1) is 35.5 Å². The van der Waals surface area contributed by atoms with Crippen LogP contribution in [-0.4, -0.2) is 0 Å². The van der Waals surface area contributed by atoms with Crippen molar-refractivity contribution in [2.24, 2.45) is 35.5 Å². The summed E-state index contributed by atoms with van der Waals surface area (Å²) < 4.78 is 0. The second-order valence-electron chi connectivity index (χ2n) is 7.21. The van der Waals surface area contributed by atoms with Gasteiger partial charge in [-0.05, 0) is 61.2 Å². The van der Waals surface area contributed by atoms with E-state index < -0.39 is 0 Å². The van der Waals surface area contributed by atoms with Gasteiger partial charge in [0.25, 0.3) is 0 Å². The highest BCUT2D eigenvalue weighted by atomic mass is 14.6. The molecule has 0 spiro atoms. The Kier molecular flexibility index (Phi) is 2.34. The minimum Gasteiger partial charge on any atom is -0.0528 e. The summed E-state index contributed by atoms with van der Waals surface area (Å²) in [7, 11) is 0. The van der Waals surface area contributed by atoms with Crippen molar-refractivity contribution in [2.45, 2.75) is 64.2 Å². The highest BCUT2D eigenvalue weighted by molar-refractivity contribution is 5.00. The topological polar surface area (TPSA) is 0 Å². The van der Waals surface area contributed by atoms with Gasteiger partial charge in [0, 0.05) is 0 Å². The Morgan fingerprint density at radius 3 is 1.00 bits per heavy atom. The van der Waals surface area contributed by atoms with E-state index in [0.29, 0.717) is 0 Å². The van der Waals surface area contributed by atoms with Crippen LogP contribution in [0.3, 0.4) is 0 Å². The van der Waals surface area contributed by atoms with Crippen molar-refractivity contribution in [3.63, 3.8) is 0 Å². The van der Waals surface area contributed by atoms with Crippen LogP contribution in [0.2, 0.25) is 0 Å². The lowest BCUT2D eigenvalue weighted by atomic mass is 9.48. The fourth-order valence-electron chi connectivity index (χ4n) is 6.28. The molecule has 0 saturated heterocycles. The van der Waals surface area contributed by atoms with Gasteiger partial charge in [-0.1, -0.05) is 38.5 Å². The average Bonchev–Trinajstić information content (AvgIpc) is 2.36. The molecule has 0 aromatic heterocycles. The van der Waals surface area contributed by atoms with E-state index in [2.05, 4.69) is 0 Å². The third-order valence-corrected chi connectivity index (χ3v) is 6.74. The molecule has 0 aromatic carbocycles. The first-order chi connectivity index (χ1) is 7.93. The molecule has 0 aromatic rings. The summed E-state index contributed by atoms with van der Waals surface area (Å²) in [5, 5.41) is 0. The second kappa shape index (κ2) is 3.75. The Labute approximate surface area is 100 Å². The Bertz CT molecular complexity index is 217. The van der Waals surface area contributed by atoms with Gasteiger partial charge >= 0.3 is 0 Å². The molecule has 4 atom stereocenters. The first kappa shape index (κ1) is 9.97. The van der Waals surface area contributed by atoms with E-state index in [-0.39, 0.29) is 0 Å². The molecule has 0 aliphatic heterocycles. The largest absolute Gasteiger partial charge is 0.0528 e. The third-order valence-electron chi connectivity index (χ3n) is 6.74. The van der Waals surface area contributed by atoms with Crippen molar-refractivity contribution in [2.75, 3.05) is 0 Å². The van der Waals surface area contributed by atoms with Crippen molar-refractivity contribution in [1.29, 1.82) is 0 Å². The zero-order chi connectivity index (χ0) is 10.5. The van der Waals surface area contributed by atoms with E-state index in [9.17, 15) is 0 Å². The van der Waals surface area contributed by atoms with Gasteiger partial charge in [-0.15, -0.1) is 0 Å². The quantitative estimate of drug-likeness (QED) is 0.555. The molecule has 16 heavy (non-hydrogen) atoms. The van der Waals surface area contributed by atoms with Crippen LogP contribution in [0.25, 0.3) is 0 Å². The van der Waals surface area contributed by atoms with Gasteiger partial charge in [-0.2, -0.15) is 0 Å². The first-order valence-corrected chi connectivity index (χ1v) is 7.93. The molecular formula is C16H26. The molecular weight excluding hydrogens is 192 g/mol. The van der Waals surface area contributed by atoms with Gasteiger partial charge in [0.1, 0.15) is 0 Å². The minimum absolute atomic E-state index is 1.17. The molecule has 0 amide bonds. The first-order valence-electron chi connectivity index (χ1n) is 7.93. The van der Waals surface area contributed by atoms with Gasteiger partial charge in [-0.3, -0.25) is 0 Å². The Hall–Kier alpha value is 0. The molecule has 4 saturated carbocycles. The molecule has 0 radical (unpaired) electrons. The maximum absolute atomic E-state index is 1.61. The van der Waals surface area contributed by atoms with Crippen LogP contribution in [0.5, 0.6) is 0 Å². The van der Waals surface area contributed by atoms with Crippen LogP contribution in [-0.2, 0) is 0 Å². The molecule has 0 nitrogen and oxygen atoms in total. The molecule has 0 heterocycles. The summed E-state index contributed by atoms with van der Waals surface area (Å²) in [6, 6.07) is 0. The van der Waals surface area contributed by atoms with Crippen LogP contribution in [0.1, 0.15) is 64.2 Å². The van der Waals surface area contributed by atoms with E-state index in [0.717, 1.165) is 0 Å². The van der Waals surface area contributed by atoms with Crippen molar-refractivity contribution in [3.05, 3.63) is 0 Å². The maximum Gasteiger partial charge on any atom is -0.0324 e. The monoisotopic (exact) mass is 218 g/mol. The highest BCUT2D eigenvalue weighted by Gasteiger charge is 2.50. The smallest absolute Gasteiger partial charge is 0.0324 e. The summed E-state index contributed by atoms with van der Waals surface area (Å²) in [6.07, 6.45) is 15.9. The summed E-state index contributed by atoms with van der Waals surface area (Å²) in [5.41, 5.74) is 0. The fourth-order valence-corrected chi connectivity index (χ4v) is 6.28. The zero-order valence-electron chi connectivity index (χ0n) is 10.5. The number of hydrogen-bond donors (Lipinski definition) is 0. The third kappa shape index (κ3) is 1.34. The molecule has 4 aliphatic carbocycles. The second-order valence-corrected chi connectivity index (χ2v) is 7.21. The molecule has 4 fully saturated rings. The molecule has 4 rings (SSSR count). The Morgan fingerprint density at radius 1 is 0.375 bits per heavy atom. The average molecular weight is 218 g/mol. The van der Waals surface area contributed by atoms with E-state index >= 15 is 0 Å². The standard InChI is InChI=1S/C16H26/c1-3-11-7-9-13-5-2-6-14-10-8-12(4-1)15(11)16(13)14/h11-16H,1-10H2. The number of hydrogen-bond acceptors (Lipinski definition) is 0. The lowest BCUT2D eigenvalue weighted by Crippen LogP contribution is -2.49. The van der Waals surface area contributed by atoms with Crippen molar-refractivity contribution >= 4 is 0 Å². The fraction of sp³-hybridized carbons (Fsp3) is 1.00. The van der Waals surface area contributed by atoms with Crippen molar-refractivity contribution < 1.29 is 0 Å². The van der Waals surface area contributed by atoms with Crippen molar-refractivity contribution in [1.82, 2.24) is 0 Å². The lowest BCUT2D eigenvalue weighted by Gasteiger charge is -2.57. The van der Waals surface area contributed by atoms with Gasteiger partial charge in [-0.25, -0.2) is 0 Å². The zero-order valence-corrected chi connectivity index (χ0v) is 10.5. The summed E-state index contributed by atoms with van der Waals surface area (Å²) in [4.78, 5) is 0. The molecule has 0 N–H and O–H groups in total.